The summed E-state index contributed by atoms with van der Waals surface area (Å²) in [6.07, 6.45) is 0.731. The van der Waals surface area contributed by atoms with Crippen molar-refractivity contribution in [2.75, 3.05) is 20.3 Å². The van der Waals surface area contributed by atoms with Gasteiger partial charge in [-0.05, 0) is 52.2 Å². The first-order valence-corrected chi connectivity index (χ1v) is 10.3. The van der Waals surface area contributed by atoms with E-state index in [4.69, 9.17) is 19.9 Å². The third-order valence-corrected chi connectivity index (χ3v) is 3.15. The smallest absolute Gasteiger partial charge is 0.405 e. The van der Waals surface area contributed by atoms with Crippen LogP contribution in [0.25, 0.3) is 0 Å². The largest absolute Gasteiger partial charge is 0.487 e. The van der Waals surface area contributed by atoms with Crippen LogP contribution >= 0.6 is 0 Å². The normalized spacial score (nSPS) is 11.2. The Morgan fingerprint density at radius 1 is 1.07 bits per heavy atom. The Bertz CT molecular complexity index is 555. The zero-order valence-corrected chi connectivity index (χ0v) is 19.9. The maximum Gasteiger partial charge on any atom is 0.405 e. The van der Waals surface area contributed by atoms with E-state index in [1.165, 1.54) is 6.42 Å². The highest BCUT2D eigenvalue weighted by Gasteiger charge is 2.12. The zero-order chi connectivity index (χ0) is 23.6. The van der Waals surface area contributed by atoms with Crippen molar-refractivity contribution in [1.82, 2.24) is 0 Å². The van der Waals surface area contributed by atoms with E-state index in [1.807, 2.05) is 37.3 Å². The van der Waals surface area contributed by atoms with E-state index in [2.05, 4.69) is 18.6 Å². The quantitative estimate of drug-likeness (QED) is 0.589. The molecule has 0 fully saturated rings. The minimum absolute atomic E-state index is 0.122. The first kappa shape index (κ1) is 29.9. The van der Waals surface area contributed by atoms with Gasteiger partial charge in [0, 0.05) is 20.1 Å². The predicted molar refractivity (Wildman–Crippen MR) is 120 cm³/mol. The van der Waals surface area contributed by atoms with Crippen molar-refractivity contribution in [3.05, 3.63) is 30.3 Å². The number of methoxy groups -OCH3 is 1. The van der Waals surface area contributed by atoms with Gasteiger partial charge < -0.3 is 24.7 Å². The number of esters is 1. The summed E-state index contributed by atoms with van der Waals surface area (Å²) in [5.41, 5.74) is 4.26. The van der Waals surface area contributed by atoms with Gasteiger partial charge in [0.15, 0.2) is 0 Å². The summed E-state index contributed by atoms with van der Waals surface area (Å²) >= 11 is 0. The van der Waals surface area contributed by atoms with Crippen molar-refractivity contribution >= 4 is 12.1 Å². The molecule has 1 atom stereocenters. The van der Waals surface area contributed by atoms with E-state index in [9.17, 15) is 9.59 Å². The molecule has 1 aromatic rings. The fourth-order valence-corrected chi connectivity index (χ4v) is 1.73. The summed E-state index contributed by atoms with van der Waals surface area (Å²) in [5.74, 6) is 1.37. The van der Waals surface area contributed by atoms with Crippen LogP contribution in [-0.4, -0.2) is 44.1 Å². The van der Waals surface area contributed by atoms with Crippen LogP contribution in [0.15, 0.2) is 30.3 Å². The molecule has 0 aromatic heterocycles. The van der Waals surface area contributed by atoms with Crippen LogP contribution in [0.1, 0.15) is 61.3 Å². The number of hydrogen-bond donors (Lipinski definition) is 1. The lowest BCUT2D eigenvalue weighted by molar-refractivity contribution is -0.145. The molecule has 1 rings (SSSR count). The molecule has 0 aliphatic carbocycles. The molecule has 0 radical (unpaired) electrons. The molecule has 1 aromatic carbocycles. The van der Waals surface area contributed by atoms with E-state index in [1.54, 1.807) is 34.8 Å². The number of hydrogen-bond acceptors (Lipinski definition) is 6. The molecule has 0 spiro atoms. The molecule has 0 saturated heterocycles. The Hall–Kier alpha value is -2.28. The van der Waals surface area contributed by atoms with Gasteiger partial charge in [0.05, 0.1) is 0 Å². The lowest BCUT2D eigenvalue weighted by Gasteiger charge is -2.16. The Kier molecular flexibility index (Phi) is 17.5. The molecule has 174 valence electrons. The number of primary amides is 1. The standard InChI is InChI=1S/C12H16O3.C6H14O.C5H11NO2/c1-3-12(13)14-9-10(2)15-11-7-5-4-6-8-11;1-6(2)4-5-7-3;1-5(2,3)8-4(6)7/h4-8,10H,3,9H2,1-2H3;6H,4-5H2,1-3H3;1-3H3,(H2,6,7). The second-order valence-corrected chi connectivity index (χ2v) is 7.99. The summed E-state index contributed by atoms with van der Waals surface area (Å²) in [4.78, 5) is 20.9. The number of carbonyl (C=O) groups is 2. The van der Waals surface area contributed by atoms with Gasteiger partial charge in [-0.15, -0.1) is 0 Å². The van der Waals surface area contributed by atoms with Crippen molar-refractivity contribution < 1.29 is 28.5 Å². The SMILES string of the molecule is CC(C)(C)OC(N)=O.CCC(=O)OCC(C)Oc1ccccc1.COCCC(C)C. The summed E-state index contributed by atoms with van der Waals surface area (Å²) in [7, 11) is 1.74. The van der Waals surface area contributed by atoms with Gasteiger partial charge in [0.1, 0.15) is 24.1 Å². The number of carbonyl (C=O) groups excluding carboxylic acids is 2. The number of rotatable bonds is 8. The lowest BCUT2D eigenvalue weighted by atomic mass is 10.1. The second-order valence-electron chi connectivity index (χ2n) is 7.99. The molecule has 30 heavy (non-hydrogen) atoms. The fraction of sp³-hybridized carbons (Fsp3) is 0.652. The molecule has 0 bridgehead atoms. The van der Waals surface area contributed by atoms with Crippen molar-refractivity contribution in [1.29, 1.82) is 0 Å². The van der Waals surface area contributed by atoms with E-state index in [-0.39, 0.29) is 12.1 Å². The molecule has 0 saturated carbocycles. The average molecular weight is 428 g/mol. The first-order chi connectivity index (χ1) is 13.9. The molecule has 1 unspecified atom stereocenters. The highest BCUT2D eigenvalue weighted by Crippen LogP contribution is 2.10. The van der Waals surface area contributed by atoms with Crippen LogP contribution in [0, 0.1) is 5.92 Å². The topological polar surface area (TPSA) is 97.1 Å². The highest BCUT2D eigenvalue weighted by atomic mass is 16.6. The van der Waals surface area contributed by atoms with E-state index >= 15 is 0 Å². The molecule has 7 nitrogen and oxygen atoms in total. The Labute approximate surface area is 182 Å². The molecule has 2 N–H and O–H groups in total. The highest BCUT2D eigenvalue weighted by molar-refractivity contribution is 5.68. The van der Waals surface area contributed by atoms with Crippen LogP contribution in [-0.2, 0) is 19.0 Å². The number of nitrogens with two attached hydrogens (primary N) is 1. The van der Waals surface area contributed by atoms with E-state index in [0.29, 0.717) is 13.0 Å². The lowest BCUT2D eigenvalue weighted by Crippen LogP contribution is -2.27. The summed E-state index contributed by atoms with van der Waals surface area (Å²) < 4.78 is 19.9. The van der Waals surface area contributed by atoms with Gasteiger partial charge in [-0.3, -0.25) is 4.79 Å². The van der Waals surface area contributed by atoms with Crippen molar-refractivity contribution in [2.24, 2.45) is 11.7 Å². The number of benzene rings is 1. The van der Waals surface area contributed by atoms with Crippen LogP contribution in [0.4, 0.5) is 4.79 Å². The molecule has 7 heteroatoms. The summed E-state index contributed by atoms with van der Waals surface area (Å²) in [5, 5.41) is 0. The predicted octanol–water partition coefficient (Wildman–Crippen LogP) is 4.97. The first-order valence-electron chi connectivity index (χ1n) is 10.3. The van der Waals surface area contributed by atoms with Gasteiger partial charge in [0.25, 0.3) is 0 Å². The molecule has 1 amide bonds. The van der Waals surface area contributed by atoms with Crippen LogP contribution in [0.2, 0.25) is 0 Å². The fourth-order valence-electron chi connectivity index (χ4n) is 1.73. The molecular weight excluding hydrogens is 386 g/mol. The average Bonchev–Trinajstić information content (AvgIpc) is 2.64. The van der Waals surface area contributed by atoms with Gasteiger partial charge in [0.2, 0.25) is 0 Å². The maximum absolute atomic E-state index is 10.9. The summed E-state index contributed by atoms with van der Waals surface area (Å²) in [6, 6.07) is 9.48. The Balaban J connectivity index is 0. The van der Waals surface area contributed by atoms with Crippen molar-refractivity contribution in [2.45, 2.75) is 73.0 Å². The van der Waals surface area contributed by atoms with Crippen molar-refractivity contribution in [3.8, 4) is 5.75 Å². The van der Waals surface area contributed by atoms with Gasteiger partial charge in [-0.2, -0.15) is 0 Å². The van der Waals surface area contributed by atoms with Crippen molar-refractivity contribution in [3.63, 3.8) is 0 Å². The maximum atomic E-state index is 10.9. The zero-order valence-electron chi connectivity index (χ0n) is 19.9. The van der Waals surface area contributed by atoms with E-state index < -0.39 is 11.7 Å². The van der Waals surface area contributed by atoms with Gasteiger partial charge in [-0.25, -0.2) is 4.79 Å². The molecule has 0 heterocycles. The van der Waals surface area contributed by atoms with Crippen LogP contribution in [0.5, 0.6) is 5.75 Å². The molecule has 0 aliphatic heterocycles. The minimum Gasteiger partial charge on any atom is -0.487 e. The number of para-hydroxylation sites is 1. The van der Waals surface area contributed by atoms with Crippen LogP contribution in [0.3, 0.4) is 0 Å². The Morgan fingerprint density at radius 2 is 1.63 bits per heavy atom. The third-order valence-electron chi connectivity index (χ3n) is 3.15. The van der Waals surface area contributed by atoms with Crippen LogP contribution < -0.4 is 10.5 Å². The van der Waals surface area contributed by atoms with E-state index in [0.717, 1.165) is 18.3 Å². The molecular formula is C23H41NO6. The second kappa shape index (κ2) is 17.6. The third kappa shape index (κ3) is 23.8. The monoisotopic (exact) mass is 427 g/mol. The van der Waals surface area contributed by atoms with Gasteiger partial charge >= 0.3 is 12.1 Å². The van der Waals surface area contributed by atoms with Gasteiger partial charge in [-0.1, -0.05) is 39.0 Å². The number of amides is 1. The number of ether oxygens (including phenoxy) is 4. The minimum atomic E-state index is -0.725. The molecule has 0 aliphatic rings. The summed E-state index contributed by atoms with van der Waals surface area (Å²) in [6.45, 7) is 14.5. The Morgan fingerprint density at radius 3 is 1.97 bits per heavy atom.